The summed E-state index contributed by atoms with van der Waals surface area (Å²) in [5.74, 6) is 0.738. The predicted molar refractivity (Wildman–Crippen MR) is 62.2 cm³/mol. The topological polar surface area (TPSA) is 25.8 Å². The molecule has 2 radical (unpaired) electrons. The van der Waals surface area contributed by atoms with Gasteiger partial charge >= 0.3 is 0 Å². The Morgan fingerprint density at radius 2 is 1.93 bits per heavy atom. The minimum Gasteiger partial charge on any atom is -0.237 e. The van der Waals surface area contributed by atoms with E-state index < -0.39 is 0 Å². The van der Waals surface area contributed by atoms with Crippen molar-refractivity contribution in [2.75, 3.05) is 0 Å². The summed E-state index contributed by atoms with van der Waals surface area (Å²) in [6, 6.07) is 9.90. The van der Waals surface area contributed by atoms with Crippen LogP contribution in [-0.2, 0) is 6.42 Å². The van der Waals surface area contributed by atoms with E-state index in [2.05, 4.69) is 9.97 Å². The zero-order chi connectivity index (χ0) is 10.7. The molecule has 2 aromatic rings. The van der Waals surface area contributed by atoms with E-state index in [4.69, 9.17) is 7.85 Å². The summed E-state index contributed by atoms with van der Waals surface area (Å²) in [4.78, 5) is 8.65. The van der Waals surface area contributed by atoms with E-state index >= 15 is 0 Å². The first kappa shape index (κ1) is 9.90. The van der Waals surface area contributed by atoms with Crippen LogP contribution in [0.1, 0.15) is 12.6 Å². The van der Waals surface area contributed by atoms with Crippen molar-refractivity contribution in [3.8, 4) is 11.4 Å². The minimum atomic E-state index is 0.664. The van der Waals surface area contributed by atoms with Gasteiger partial charge in [-0.2, -0.15) is 0 Å². The second-order valence-corrected chi connectivity index (χ2v) is 3.32. The monoisotopic (exact) mass is 194 g/mol. The lowest BCUT2D eigenvalue weighted by Gasteiger charge is -2.05. The maximum atomic E-state index is 5.75. The van der Waals surface area contributed by atoms with Gasteiger partial charge in [0.1, 0.15) is 7.85 Å². The highest BCUT2D eigenvalue weighted by molar-refractivity contribution is 6.32. The van der Waals surface area contributed by atoms with Gasteiger partial charge in [-0.15, -0.1) is 0 Å². The van der Waals surface area contributed by atoms with Gasteiger partial charge in [0.05, 0.1) is 0 Å². The molecule has 0 aliphatic heterocycles. The third-order valence-electron chi connectivity index (χ3n) is 2.27. The number of hydrogen-bond donors (Lipinski definition) is 0. The van der Waals surface area contributed by atoms with Gasteiger partial charge in [-0.1, -0.05) is 42.7 Å². The predicted octanol–water partition coefficient (Wildman–Crippen LogP) is 1.50. The first-order valence-corrected chi connectivity index (χ1v) is 4.98. The summed E-state index contributed by atoms with van der Waals surface area (Å²) in [5.41, 5.74) is 2.59. The molecule has 0 aliphatic rings. The van der Waals surface area contributed by atoms with Crippen LogP contribution in [0, 0.1) is 0 Å². The molecule has 0 spiro atoms. The molecule has 0 saturated carbocycles. The van der Waals surface area contributed by atoms with Crippen LogP contribution in [0.2, 0.25) is 0 Å². The Balaban J connectivity index is 2.46. The molecular formula is C12H11BN2. The lowest BCUT2D eigenvalue weighted by atomic mass is 9.95. The highest BCUT2D eigenvalue weighted by Gasteiger charge is 2.03. The van der Waals surface area contributed by atoms with Gasteiger partial charge in [-0.3, -0.25) is 0 Å². The first-order chi connectivity index (χ1) is 7.31. The number of benzene rings is 1. The Morgan fingerprint density at radius 3 is 2.60 bits per heavy atom. The number of rotatable bonds is 2. The molecule has 15 heavy (non-hydrogen) atoms. The van der Waals surface area contributed by atoms with Gasteiger partial charge in [0.2, 0.25) is 0 Å². The average Bonchev–Trinajstić information content (AvgIpc) is 2.31. The Morgan fingerprint density at radius 1 is 1.20 bits per heavy atom. The Labute approximate surface area is 90.8 Å². The second-order valence-electron chi connectivity index (χ2n) is 3.32. The molecule has 0 saturated heterocycles. The normalized spacial score (nSPS) is 10.2. The molecule has 0 amide bonds. The summed E-state index contributed by atoms with van der Waals surface area (Å²) < 4.78 is 0. The Kier molecular flexibility index (Phi) is 2.81. The fourth-order valence-corrected chi connectivity index (χ4v) is 1.44. The number of aryl methyl sites for hydroxylation is 1. The third kappa shape index (κ3) is 2.06. The van der Waals surface area contributed by atoms with E-state index in [1.165, 1.54) is 0 Å². The van der Waals surface area contributed by atoms with E-state index in [-0.39, 0.29) is 0 Å². The van der Waals surface area contributed by atoms with Crippen molar-refractivity contribution in [2.45, 2.75) is 13.3 Å². The molecule has 0 unspecified atom stereocenters. The van der Waals surface area contributed by atoms with Gasteiger partial charge in [-0.05, 0) is 6.42 Å². The molecular weight excluding hydrogens is 183 g/mol. The molecule has 0 N–H and O–H groups in total. The SMILES string of the molecule is [B]c1cnc(-c2ccccc2)nc1CC. The number of hydrogen-bond acceptors (Lipinski definition) is 2. The van der Waals surface area contributed by atoms with E-state index in [0.29, 0.717) is 5.46 Å². The molecule has 1 aromatic heterocycles. The fourth-order valence-electron chi connectivity index (χ4n) is 1.44. The summed E-state index contributed by atoms with van der Waals surface area (Å²) in [6.45, 7) is 2.04. The van der Waals surface area contributed by atoms with E-state index in [1.807, 2.05) is 37.3 Å². The van der Waals surface area contributed by atoms with Crippen molar-refractivity contribution in [1.29, 1.82) is 0 Å². The molecule has 0 atom stereocenters. The third-order valence-corrected chi connectivity index (χ3v) is 2.27. The van der Waals surface area contributed by atoms with Crippen LogP contribution >= 0.6 is 0 Å². The summed E-state index contributed by atoms with van der Waals surface area (Å²) in [6.07, 6.45) is 2.50. The molecule has 0 fully saturated rings. The molecule has 1 heterocycles. The first-order valence-electron chi connectivity index (χ1n) is 4.98. The van der Waals surface area contributed by atoms with Crippen LogP contribution in [0.25, 0.3) is 11.4 Å². The highest BCUT2D eigenvalue weighted by atomic mass is 14.9. The summed E-state index contributed by atoms with van der Waals surface area (Å²) in [5, 5.41) is 0. The van der Waals surface area contributed by atoms with Crippen molar-refractivity contribution in [1.82, 2.24) is 9.97 Å². The molecule has 2 nitrogen and oxygen atoms in total. The summed E-state index contributed by atoms with van der Waals surface area (Å²) in [7, 11) is 5.75. The Hall–Kier alpha value is -1.64. The second kappa shape index (κ2) is 4.26. The lowest BCUT2D eigenvalue weighted by Crippen LogP contribution is -2.14. The van der Waals surface area contributed by atoms with Crippen LogP contribution in [0.3, 0.4) is 0 Å². The summed E-state index contributed by atoms with van der Waals surface area (Å²) >= 11 is 0. The van der Waals surface area contributed by atoms with Crippen LogP contribution in [0.5, 0.6) is 0 Å². The smallest absolute Gasteiger partial charge is 0.159 e. The van der Waals surface area contributed by atoms with E-state index in [0.717, 1.165) is 23.5 Å². The molecule has 1 aromatic carbocycles. The van der Waals surface area contributed by atoms with Crippen LogP contribution in [-0.4, -0.2) is 17.8 Å². The van der Waals surface area contributed by atoms with Crippen LogP contribution in [0.15, 0.2) is 36.5 Å². The van der Waals surface area contributed by atoms with E-state index in [1.54, 1.807) is 6.20 Å². The van der Waals surface area contributed by atoms with Gasteiger partial charge < -0.3 is 0 Å². The van der Waals surface area contributed by atoms with Crippen LogP contribution in [0.4, 0.5) is 0 Å². The maximum Gasteiger partial charge on any atom is 0.159 e. The van der Waals surface area contributed by atoms with Crippen LogP contribution < -0.4 is 5.46 Å². The fraction of sp³-hybridized carbons (Fsp3) is 0.167. The van der Waals surface area contributed by atoms with Crippen molar-refractivity contribution in [3.63, 3.8) is 0 Å². The van der Waals surface area contributed by atoms with Gasteiger partial charge in [0.25, 0.3) is 0 Å². The maximum absolute atomic E-state index is 5.75. The van der Waals surface area contributed by atoms with Crippen molar-refractivity contribution in [3.05, 3.63) is 42.2 Å². The van der Waals surface area contributed by atoms with Crippen molar-refractivity contribution >= 4 is 13.3 Å². The van der Waals surface area contributed by atoms with Gasteiger partial charge in [0.15, 0.2) is 5.82 Å². The molecule has 3 heteroatoms. The largest absolute Gasteiger partial charge is 0.237 e. The zero-order valence-electron chi connectivity index (χ0n) is 8.64. The van der Waals surface area contributed by atoms with Gasteiger partial charge in [-0.25, -0.2) is 9.97 Å². The molecule has 0 aliphatic carbocycles. The Bertz CT molecular complexity index is 454. The quantitative estimate of drug-likeness (QED) is 0.677. The number of nitrogens with zero attached hydrogens (tertiary/aromatic N) is 2. The molecule has 0 bridgehead atoms. The van der Waals surface area contributed by atoms with Crippen molar-refractivity contribution in [2.24, 2.45) is 0 Å². The minimum absolute atomic E-state index is 0.664. The van der Waals surface area contributed by atoms with E-state index in [9.17, 15) is 0 Å². The zero-order valence-corrected chi connectivity index (χ0v) is 8.64. The number of aromatic nitrogens is 2. The standard InChI is InChI=1S/C12H11BN2/c1-2-11-10(13)8-14-12(15-11)9-6-4-3-5-7-9/h3-8H,2H2,1H3. The molecule has 72 valence electrons. The van der Waals surface area contributed by atoms with Crippen molar-refractivity contribution < 1.29 is 0 Å². The highest BCUT2D eigenvalue weighted by Crippen LogP contribution is 2.12. The molecule has 2 rings (SSSR count). The lowest BCUT2D eigenvalue weighted by molar-refractivity contribution is 1.02. The average molecular weight is 194 g/mol. The van der Waals surface area contributed by atoms with Gasteiger partial charge in [0, 0.05) is 17.5 Å².